The van der Waals surface area contributed by atoms with E-state index < -0.39 is 0 Å². The maximum absolute atomic E-state index is 2.27. The summed E-state index contributed by atoms with van der Waals surface area (Å²) < 4.78 is 2.27. The number of rotatable bonds is 5. The zero-order chi connectivity index (χ0) is 8.81. The summed E-state index contributed by atoms with van der Waals surface area (Å²) >= 11 is 3.66. The maximum atomic E-state index is 2.27. The molecular weight excluding hydrogens is 186 g/mol. The number of hydrogen-bond acceptors (Lipinski definition) is 3. The molecule has 0 fully saturated rings. The fraction of sp³-hybridized carbons (Fsp3) is 0.556. The minimum Gasteiger partial charge on any atom is -0.254 e. The van der Waals surface area contributed by atoms with E-state index in [0.717, 1.165) is 0 Å². The molecule has 1 heterocycles. The monoisotopic (exact) mass is 201 g/mol. The van der Waals surface area contributed by atoms with Crippen LogP contribution in [0.15, 0.2) is 17.5 Å². The second-order valence-electron chi connectivity index (χ2n) is 2.72. The predicted octanol–water partition coefficient (Wildman–Crippen LogP) is 2.89. The summed E-state index contributed by atoms with van der Waals surface area (Å²) in [5, 5.41) is 2.15. The predicted molar refractivity (Wildman–Crippen MR) is 58.8 cm³/mol. The van der Waals surface area contributed by atoms with Crippen LogP contribution in [0, 0.1) is 0 Å². The zero-order valence-corrected chi connectivity index (χ0v) is 9.25. The topological polar surface area (TPSA) is 3.24 Å². The van der Waals surface area contributed by atoms with Crippen LogP contribution in [0.2, 0.25) is 0 Å². The summed E-state index contributed by atoms with van der Waals surface area (Å²) in [6.07, 6.45) is 4.60. The molecule has 0 atom stereocenters. The minimum atomic E-state index is 1.18. The van der Waals surface area contributed by atoms with Crippen LogP contribution < -0.4 is 0 Å². The Morgan fingerprint density at radius 1 is 1.58 bits per heavy atom. The van der Waals surface area contributed by atoms with Gasteiger partial charge in [0, 0.05) is 11.4 Å². The van der Waals surface area contributed by atoms with Crippen molar-refractivity contribution in [2.45, 2.75) is 12.8 Å². The van der Waals surface area contributed by atoms with Gasteiger partial charge in [-0.1, -0.05) is 18.0 Å². The maximum Gasteiger partial charge on any atom is 0.00895 e. The van der Waals surface area contributed by atoms with Crippen LogP contribution in [0.1, 0.15) is 11.3 Å². The van der Waals surface area contributed by atoms with E-state index >= 15 is 0 Å². The van der Waals surface area contributed by atoms with Crippen molar-refractivity contribution < 1.29 is 0 Å². The molecule has 0 radical (unpaired) electrons. The lowest BCUT2D eigenvalue weighted by Gasteiger charge is -2.11. The molecule has 0 spiro atoms. The van der Waals surface area contributed by atoms with Crippen molar-refractivity contribution in [3.8, 4) is 0 Å². The van der Waals surface area contributed by atoms with Gasteiger partial charge in [0.05, 0.1) is 0 Å². The molecule has 0 bridgehead atoms. The fourth-order valence-electron chi connectivity index (χ4n) is 1.02. The van der Waals surface area contributed by atoms with E-state index in [-0.39, 0.29) is 0 Å². The quantitative estimate of drug-likeness (QED) is 0.674. The zero-order valence-electron chi connectivity index (χ0n) is 7.62. The molecule has 3 heteroatoms. The summed E-state index contributed by atoms with van der Waals surface area (Å²) in [6.45, 7) is 1.18. The second-order valence-corrected chi connectivity index (χ2v) is 4.74. The summed E-state index contributed by atoms with van der Waals surface area (Å²) in [5.74, 6) is 0. The Bertz CT molecular complexity index is 196. The lowest BCUT2D eigenvalue weighted by molar-refractivity contribution is 0.545. The highest BCUT2D eigenvalue weighted by atomic mass is 32.2. The Morgan fingerprint density at radius 3 is 3.00 bits per heavy atom. The van der Waals surface area contributed by atoms with E-state index in [1.165, 1.54) is 24.3 Å². The Labute approximate surface area is 82.9 Å². The summed E-state index contributed by atoms with van der Waals surface area (Å²) in [5.41, 5.74) is 0. The van der Waals surface area contributed by atoms with Crippen LogP contribution in [0.5, 0.6) is 0 Å². The Morgan fingerprint density at radius 2 is 2.42 bits per heavy atom. The first-order valence-corrected chi connectivity index (χ1v) is 6.16. The number of aryl methyl sites for hydroxylation is 1. The summed E-state index contributed by atoms with van der Waals surface area (Å²) in [6, 6.07) is 4.34. The lowest BCUT2D eigenvalue weighted by atomic mass is 10.3. The van der Waals surface area contributed by atoms with Gasteiger partial charge < -0.3 is 0 Å². The van der Waals surface area contributed by atoms with Gasteiger partial charge >= 0.3 is 0 Å². The van der Waals surface area contributed by atoms with E-state index in [2.05, 4.69) is 35.1 Å². The number of hydrogen-bond donors (Lipinski definition) is 0. The van der Waals surface area contributed by atoms with E-state index in [1.54, 1.807) is 11.9 Å². The third-order valence-corrected chi connectivity index (χ3v) is 3.53. The molecule has 0 saturated heterocycles. The molecule has 0 aromatic carbocycles. The highest BCUT2D eigenvalue weighted by Crippen LogP contribution is 2.11. The van der Waals surface area contributed by atoms with Gasteiger partial charge in [0.1, 0.15) is 0 Å². The Balaban J connectivity index is 2.11. The fourth-order valence-corrected chi connectivity index (χ4v) is 2.08. The van der Waals surface area contributed by atoms with Crippen molar-refractivity contribution in [3.63, 3.8) is 0 Å². The molecule has 1 aromatic rings. The van der Waals surface area contributed by atoms with Gasteiger partial charge in [0.25, 0.3) is 0 Å². The first-order valence-electron chi connectivity index (χ1n) is 4.10. The summed E-state index contributed by atoms with van der Waals surface area (Å²) in [7, 11) is 2.14. The molecular formula is C9H15NS2. The Hall–Kier alpha value is 0.01000. The van der Waals surface area contributed by atoms with Gasteiger partial charge in [-0.15, -0.1) is 11.3 Å². The normalized spacial score (nSPS) is 10.9. The molecule has 1 nitrogen and oxygen atoms in total. The van der Waals surface area contributed by atoms with Crippen molar-refractivity contribution in [1.29, 1.82) is 0 Å². The standard InChI is InChI=1S/C9H15NS2/c1-10(11-2)7-3-5-9-6-4-8-12-9/h4,6,8H,3,5,7H2,1-2H3. The van der Waals surface area contributed by atoms with Crippen LogP contribution in [0.25, 0.3) is 0 Å². The molecule has 1 aromatic heterocycles. The van der Waals surface area contributed by atoms with Crippen LogP contribution >= 0.6 is 23.3 Å². The van der Waals surface area contributed by atoms with Gasteiger partial charge in [-0.25, -0.2) is 0 Å². The van der Waals surface area contributed by atoms with Crippen molar-refractivity contribution in [3.05, 3.63) is 22.4 Å². The molecule has 0 aliphatic heterocycles. The third-order valence-electron chi connectivity index (χ3n) is 1.79. The van der Waals surface area contributed by atoms with Crippen molar-refractivity contribution >= 4 is 23.3 Å². The van der Waals surface area contributed by atoms with E-state index in [4.69, 9.17) is 0 Å². The highest BCUT2D eigenvalue weighted by Gasteiger charge is 1.96. The molecule has 68 valence electrons. The smallest absolute Gasteiger partial charge is 0.00895 e. The van der Waals surface area contributed by atoms with Crippen LogP contribution in [-0.4, -0.2) is 24.2 Å². The van der Waals surface area contributed by atoms with Gasteiger partial charge in [-0.2, -0.15) is 0 Å². The van der Waals surface area contributed by atoms with E-state index in [0.29, 0.717) is 0 Å². The average molecular weight is 201 g/mol. The lowest BCUT2D eigenvalue weighted by Crippen LogP contribution is -2.10. The molecule has 0 unspecified atom stereocenters. The Kier molecular flexibility index (Phi) is 4.73. The third kappa shape index (κ3) is 3.61. The van der Waals surface area contributed by atoms with E-state index in [1.807, 2.05) is 11.3 Å². The van der Waals surface area contributed by atoms with Crippen molar-refractivity contribution in [2.24, 2.45) is 0 Å². The largest absolute Gasteiger partial charge is 0.254 e. The first kappa shape index (κ1) is 10.1. The molecule has 0 aliphatic carbocycles. The van der Waals surface area contributed by atoms with Crippen LogP contribution in [0.3, 0.4) is 0 Å². The molecule has 0 N–H and O–H groups in total. The van der Waals surface area contributed by atoms with Crippen LogP contribution in [-0.2, 0) is 6.42 Å². The minimum absolute atomic E-state index is 1.18. The number of nitrogens with zero attached hydrogens (tertiary/aromatic N) is 1. The summed E-state index contributed by atoms with van der Waals surface area (Å²) in [4.78, 5) is 1.50. The molecule has 1 rings (SSSR count). The van der Waals surface area contributed by atoms with Gasteiger partial charge in [0.2, 0.25) is 0 Å². The van der Waals surface area contributed by atoms with Crippen LogP contribution in [0.4, 0.5) is 0 Å². The average Bonchev–Trinajstić information content (AvgIpc) is 2.57. The first-order chi connectivity index (χ1) is 5.83. The SMILES string of the molecule is CSN(C)CCCc1cccs1. The number of thiophene rings is 1. The van der Waals surface area contributed by atoms with Gasteiger partial charge in [-0.3, -0.25) is 4.31 Å². The van der Waals surface area contributed by atoms with Gasteiger partial charge in [-0.05, 0) is 37.6 Å². The van der Waals surface area contributed by atoms with Crippen molar-refractivity contribution in [2.75, 3.05) is 19.8 Å². The van der Waals surface area contributed by atoms with Crippen molar-refractivity contribution in [1.82, 2.24) is 4.31 Å². The second kappa shape index (κ2) is 5.62. The molecule has 0 amide bonds. The van der Waals surface area contributed by atoms with E-state index in [9.17, 15) is 0 Å². The molecule has 0 aliphatic rings. The van der Waals surface area contributed by atoms with Gasteiger partial charge in [0.15, 0.2) is 0 Å². The molecule has 0 saturated carbocycles. The highest BCUT2D eigenvalue weighted by molar-refractivity contribution is 7.96. The molecule has 12 heavy (non-hydrogen) atoms.